The topological polar surface area (TPSA) is 24.9 Å². The van der Waals surface area contributed by atoms with Crippen molar-refractivity contribution in [3.8, 4) is 0 Å². The van der Waals surface area contributed by atoms with Crippen molar-refractivity contribution in [1.82, 2.24) is 10.3 Å². The van der Waals surface area contributed by atoms with E-state index in [0.717, 1.165) is 11.6 Å². The molecule has 19 heavy (non-hydrogen) atoms. The molecule has 1 aromatic carbocycles. The lowest BCUT2D eigenvalue weighted by molar-refractivity contribution is 0.481. The van der Waals surface area contributed by atoms with E-state index < -0.39 is 0 Å². The number of aryl methyl sites for hydroxylation is 1. The Morgan fingerprint density at radius 2 is 2.11 bits per heavy atom. The van der Waals surface area contributed by atoms with Gasteiger partial charge in [-0.2, -0.15) is 0 Å². The number of nitrogens with zero attached hydrogens (tertiary/aromatic N) is 1. The fourth-order valence-electron chi connectivity index (χ4n) is 2.35. The molecular weight excluding hydrogens is 259 g/mol. The number of thiazole rings is 1. The van der Waals surface area contributed by atoms with Crippen LogP contribution in [-0.2, 0) is 6.54 Å². The average molecular weight is 276 g/mol. The Labute approximate surface area is 116 Å². The summed E-state index contributed by atoms with van der Waals surface area (Å²) in [5.41, 5.74) is 1.19. The Balaban J connectivity index is 1.69. The number of aromatic nitrogens is 1. The van der Waals surface area contributed by atoms with Gasteiger partial charge < -0.3 is 5.32 Å². The van der Waals surface area contributed by atoms with Gasteiger partial charge in [0, 0.05) is 23.7 Å². The largest absolute Gasteiger partial charge is 0.305 e. The van der Waals surface area contributed by atoms with Gasteiger partial charge in [0.1, 0.15) is 5.82 Å². The molecule has 1 fully saturated rings. The second kappa shape index (κ2) is 5.39. The minimum atomic E-state index is -0.170. The molecule has 0 radical (unpaired) electrons. The lowest BCUT2D eigenvalue weighted by atomic mass is 10.0. The normalized spacial score (nSPS) is 16.5. The van der Waals surface area contributed by atoms with Gasteiger partial charge in [0.15, 0.2) is 0 Å². The summed E-state index contributed by atoms with van der Waals surface area (Å²) in [5, 5.41) is 4.69. The van der Waals surface area contributed by atoms with Crippen LogP contribution in [0.4, 0.5) is 4.39 Å². The highest BCUT2D eigenvalue weighted by atomic mass is 32.1. The molecule has 1 heterocycles. The SMILES string of the molecule is Cc1ncc(CNC(c2ccc(F)cc2)C2CC2)s1. The minimum absolute atomic E-state index is 0.170. The van der Waals surface area contributed by atoms with Crippen molar-refractivity contribution < 1.29 is 4.39 Å². The van der Waals surface area contributed by atoms with Gasteiger partial charge in [-0.05, 0) is 43.4 Å². The van der Waals surface area contributed by atoms with E-state index in [-0.39, 0.29) is 5.82 Å². The Bertz CT molecular complexity index is 546. The summed E-state index contributed by atoms with van der Waals surface area (Å²) in [6, 6.07) is 7.21. The molecule has 1 N–H and O–H groups in total. The first-order valence-corrected chi connectivity index (χ1v) is 7.44. The van der Waals surface area contributed by atoms with E-state index in [1.165, 1.54) is 23.3 Å². The molecule has 1 aromatic heterocycles. The number of rotatable bonds is 5. The summed E-state index contributed by atoms with van der Waals surface area (Å²) in [7, 11) is 0. The first kappa shape index (κ1) is 12.8. The first-order chi connectivity index (χ1) is 9.22. The Kier molecular flexibility index (Phi) is 3.62. The van der Waals surface area contributed by atoms with Crippen LogP contribution < -0.4 is 5.32 Å². The monoisotopic (exact) mass is 276 g/mol. The zero-order chi connectivity index (χ0) is 13.2. The second-order valence-electron chi connectivity index (χ2n) is 5.09. The maximum Gasteiger partial charge on any atom is 0.123 e. The van der Waals surface area contributed by atoms with Crippen LogP contribution in [0.15, 0.2) is 30.5 Å². The van der Waals surface area contributed by atoms with Gasteiger partial charge in [-0.25, -0.2) is 9.37 Å². The highest BCUT2D eigenvalue weighted by Crippen LogP contribution is 2.41. The number of benzene rings is 1. The molecule has 0 spiro atoms. The van der Waals surface area contributed by atoms with E-state index in [1.807, 2.05) is 25.3 Å². The van der Waals surface area contributed by atoms with E-state index in [9.17, 15) is 4.39 Å². The third-order valence-corrected chi connectivity index (χ3v) is 4.40. The third-order valence-electron chi connectivity index (χ3n) is 3.49. The van der Waals surface area contributed by atoms with E-state index >= 15 is 0 Å². The molecule has 1 aliphatic carbocycles. The van der Waals surface area contributed by atoms with Crippen LogP contribution in [0.25, 0.3) is 0 Å². The van der Waals surface area contributed by atoms with Crippen LogP contribution in [0.5, 0.6) is 0 Å². The molecule has 1 atom stereocenters. The maximum atomic E-state index is 13.0. The van der Waals surface area contributed by atoms with E-state index in [1.54, 1.807) is 23.5 Å². The molecule has 0 saturated heterocycles. The van der Waals surface area contributed by atoms with Crippen molar-refractivity contribution >= 4 is 11.3 Å². The van der Waals surface area contributed by atoms with Gasteiger partial charge in [0.2, 0.25) is 0 Å². The molecule has 1 aliphatic rings. The van der Waals surface area contributed by atoms with Crippen molar-refractivity contribution in [2.75, 3.05) is 0 Å². The standard InChI is InChI=1S/C15H17FN2S/c1-10-17-8-14(19-10)9-18-15(11-2-3-11)12-4-6-13(16)7-5-12/h4-8,11,15,18H,2-3,9H2,1H3. The average Bonchev–Trinajstić information content (AvgIpc) is 3.15. The molecule has 0 amide bonds. The van der Waals surface area contributed by atoms with Crippen molar-refractivity contribution in [2.45, 2.75) is 32.4 Å². The van der Waals surface area contributed by atoms with Crippen molar-refractivity contribution in [3.63, 3.8) is 0 Å². The lowest BCUT2D eigenvalue weighted by Crippen LogP contribution is -2.22. The van der Waals surface area contributed by atoms with Crippen LogP contribution in [-0.4, -0.2) is 4.98 Å². The third kappa shape index (κ3) is 3.19. The van der Waals surface area contributed by atoms with E-state index in [2.05, 4.69) is 10.3 Å². The van der Waals surface area contributed by atoms with Crippen molar-refractivity contribution in [2.24, 2.45) is 5.92 Å². The van der Waals surface area contributed by atoms with Crippen molar-refractivity contribution in [3.05, 3.63) is 51.7 Å². The predicted molar refractivity (Wildman–Crippen MR) is 75.6 cm³/mol. The molecule has 100 valence electrons. The Hall–Kier alpha value is -1.26. The molecule has 0 bridgehead atoms. The molecule has 2 aromatic rings. The van der Waals surface area contributed by atoms with Crippen molar-refractivity contribution in [1.29, 1.82) is 0 Å². The van der Waals surface area contributed by atoms with Gasteiger partial charge in [0.05, 0.1) is 5.01 Å². The smallest absolute Gasteiger partial charge is 0.123 e. The van der Waals surface area contributed by atoms with E-state index in [0.29, 0.717) is 12.0 Å². The molecular formula is C15H17FN2S. The highest BCUT2D eigenvalue weighted by Gasteiger charge is 2.31. The molecule has 4 heteroatoms. The van der Waals surface area contributed by atoms with Crippen LogP contribution in [0.2, 0.25) is 0 Å². The Morgan fingerprint density at radius 1 is 1.37 bits per heavy atom. The van der Waals surface area contributed by atoms with Crippen LogP contribution in [0.3, 0.4) is 0 Å². The molecule has 1 unspecified atom stereocenters. The zero-order valence-electron chi connectivity index (χ0n) is 10.9. The maximum absolute atomic E-state index is 13.0. The van der Waals surface area contributed by atoms with Gasteiger partial charge in [-0.15, -0.1) is 11.3 Å². The lowest BCUT2D eigenvalue weighted by Gasteiger charge is -2.18. The van der Waals surface area contributed by atoms with Gasteiger partial charge in [0.25, 0.3) is 0 Å². The number of nitrogens with one attached hydrogen (secondary N) is 1. The fourth-order valence-corrected chi connectivity index (χ4v) is 3.10. The summed E-state index contributed by atoms with van der Waals surface area (Å²) < 4.78 is 13.0. The minimum Gasteiger partial charge on any atom is -0.305 e. The van der Waals surface area contributed by atoms with Gasteiger partial charge >= 0.3 is 0 Å². The van der Waals surface area contributed by atoms with Gasteiger partial charge in [-0.1, -0.05) is 12.1 Å². The first-order valence-electron chi connectivity index (χ1n) is 6.62. The summed E-state index contributed by atoms with van der Waals surface area (Å²) in [4.78, 5) is 5.52. The molecule has 2 nitrogen and oxygen atoms in total. The summed E-state index contributed by atoms with van der Waals surface area (Å²) >= 11 is 1.73. The summed E-state index contributed by atoms with van der Waals surface area (Å²) in [5.74, 6) is 0.524. The molecule has 0 aliphatic heterocycles. The summed E-state index contributed by atoms with van der Waals surface area (Å²) in [6.45, 7) is 2.86. The second-order valence-corrected chi connectivity index (χ2v) is 6.41. The highest BCUT2D eigenvalue weighted by molar-refractivity contribution is 7.11. The van der Waals surface area contributed by atoms with Crippen LogP contribution in [0, 0.1) is 18.7 Å². The predicted octanol–water partition coefficient (Wildman–Crippen LogP) is 3.83. The zero-order valence-corrected chi connectivity index (χ0v) is 11.7. The number of hydrogen-bond acceptors (Lipinski definition) is 3. The van der Waals surface area contributed by atoms with E-state index in [4.69, 9.17) is 0 Å². The number of hydrogen-bond donors (Lipinski definition) is 1. The molecule has 3 rings (SSSR count). The van der Waals surface area contributed by atoms with Crippen LogP contribution in [0.1, 0.15) is 34.3 Å². The summed E-state index contributed by atoms with van der Waals surface area (Å²) in [6.07, 6.45) is 4.45. The number of halogens is 1. The van der Waals surface area contributed by atoms with Gasteiger partial charge in [-0.3, -0.25) is 0 Å². The quantitative estimate of drug-likeness (QED) is 0.897. The Morgan fingerprint density at radius 3 is 2.68 bits per heavy atom. The molecule has 1 saturated carbocycles. The van der Waals surface area contributed by atoms with Crippen LogP contribution >= 0.6 is 11.3 Å². The fraction of sp³-hybridized carbons (Fsp3) is 0.400.